The van der Waals surface area contributed by atoms with Crippen molar-refractivity contribution in [2.75, 3.05) is 12.4 Å². The van der Waals surface area contributed by atoms with Crippen molar-refractivity contribution in [3.8, 4) is 0 Å². The monoisotopic (exact) mass is 164 g/mol. The van der Waals surface area contributed by atoms with Crippen molar-refractivity contribution in [1.82, 2.24) is 4.98 Å². The van der Waals surface area contributed by atoms with Crippen molar-refractivity contribution >= 4 is 28.9 Å². The third-order valence-electron chi connectivity index (χ3n) is 0.833. The number of aryl methyl sites for hydroxylation is 1. The Balaban J connectivity index is 0.000000640. The summed E-state index contributed by atoms with van der Waals surface area (Å²) in [7, 11) is 1.87. The number of hydrogen-bond acceptors (Lipinski definition) is 3. The first-order valence-corrected chi connectivity index (χ1v) is 3.31. The lowest BCUT2D eigenvalue weighted by Crippen LogP contribution is -1.84. The molecule has 1 rings (SSSR count). The highest BCUT2D eigenvalue weighted by Gasteiger charge is 1.90. The molecule has 0 bridgehead atoms. The Morgan fingerprint density at radius 2 is 2.33 bits per heavy atom. The largest absolute Gasteiger partial charge is 0.365 e. The zero-order chi connectivity index (χ0) is 5.98. The van der Waals surface area contributed by atoms with Gasteiger partial charge in [-0.15, -0.1) is 23.7 Å². The number of nitrogens with one attached hydrogen (secondary N) is 1. The van der Waals surface area contributed by atoms with Gasteiger partial charge in [0.1, 0.15) is 0 Å². The number of rotatable bonds is 1. The zero-order valence-corrected chi connectivity index (χ0v) is 6.97. The average Bonchev–Trinajstić information content (AvgIpc) is 2.14. The fourth-order valence-corrected chi connectivity index (χ4v) is 1.12. The van der Waals surface area contributed by atoms with Crippen molar-refractivity contribution in [2.24, 2.45) is 0 Å². The van der Waals surface area contributed by atoms with E-state index in [9.17, 15) is 0 Å². The molecule has 0 fully saturated rings. The van der Waals surface area contributed by atoms with Gasteiger partial charge in [0, 0.05) is 12.4 Å². The van der Waals surface area contributed by atoms with E-state index in [1.54, 1.807) is 11.3 Å². The van der Waals surface area contributed by atoms with E-state index in [0.717, 1.165) is 10.8 Å². The zero-order valence-electron chi connectivity index (χ0n) is 5.34. The van der Waals surface area contributed by atoms with Crippen LogP contribution in [0.1, 0.15) is 5.69 Å². The maximum Gasteiger partial charge on any atom is 0.182 e. The van der Waals surface area contributed by atoms with E-state index in [2.05, 4.69) is 10.3 Å². The summed E-state index contributed by atoms with van der Waals surface area (Å²) in [6.45, 7) is 1.98. The normalized spacial score (nSPS) is 8.22. The minimum Gasteiger partial charge on any atom is -0.365 e. The summed E-state index contributed by atoms with van der Waals surface area (Å²) < 4.78 is 0. The summed E-state index contributed by atoms with van der Waals surface area (Å²) in [5.74, 6) is 0. The lowest BCUT2D eigenvalue weighted by atomic mass is 10.6. The smallest absolute Gasteiger partial charge is 0.182 e. The maximum absolute atomic E-state index is 4.14. The standard InChI is InChI=1S/C5H8N2S.ClH/c1-4-3-8-5(6-2)7-4;/h3H,1-2H3,(H,6,7);1H. The number of aromatic nitrogens is 1. The molecule has 1 heterocycles. The van der Waals surface area contributed by atoms with Crippen molar-refractivity contribution < 1.29 is 0 Å². The molecule has 0 atom stereocenters. The lowest BCUT2D eigenvalue weighted by molar-refractivity contribution is 1.25. The molecule has 0 saturated heterocycles. The second-order valence-electron chi connectivity index (χ2n) is 1.54. The van der Waals surface area contributed by atoms with Gasteiger partial charge in [-0.1, -0.05) is 0 Å². The van der Waals surface area contributed by atoms with Crippen LogP contribution in [-0.4, -0.2) is 12.0 Å². The van der Waals surface area contributed by atoms with Gasteiger partial charge < -0.3 is 5.32 Å². The number of hydrogen-bond donors (Lipinski definition) is 1. The van der Waals surface area contributed by atoms with E-state index in [4.69, 9.17) is 0 Å². The van der Waals surface area contributed by atoms with Crippen molar-refractivity contribution in [3.63, 3.8) is 0 Å². The van der Waals surface area contributed by atoms with Gasteiger partial charge in [-0.2, -0.15) is 0 Å². The van der Waals surface area contributed by atoms with Crippen LogP contribution in [0, 0.1) is 6.92 Å². The fraction of sp³-hybridized carbons (Fsp3) is 0.400. The minimum absolute atomic E-state index is 0. The molecule has 0 aliphatic carbocycles. The van der Waals surface area contributed by atoms with Gasteiger partial charge in [-0.05, 0) is 6.92 Å². The average molecular weight is 165 g/mol. The number of thiazole rings is 1. The summed E-state index contributed by atoms with van der Waals surface area (Å²) in [4.78, 5) is 4.14. The molecule has 0 saturated carbocycles. The maximum atomic E-state index is 4.14. The van der Waals surface area contributed by atoms with Crippen LogP contribution in [0.2, 0.25) is 0 Å². The summed E-state index contributed by atoms with van der Waals surface area (Å²) in [5, 5.41) is 5.96. The molecule has 0 aliphatic heterocycles. The van der Waals surface area contributed by atoms with E-state index in [0.29, 0.717) is 0 Å². The van der Waals surface area contributed by atoms with Crippen LogP contribution in [0.25, 0.3) is 0 Å². The third kappa shape index (κ3) is 2.20. The van der Waals surface area contributed by atoms with Crippen LogP contribution in [0.3, 0.4) is 0 Å². The molecule has 1 aromatic heterocycles. The Morgan fingerprint density at radius 1 is 1.67 bits per heavy atom. The van der Waals surface area contributed by atoms with Crippen LogP contribution in [0.5, 0.6) is 0 Å². The first kappa shape index (κ1) is 8.72. The molecule has 0 unspecified atom stereocenters. The number of nitrogens with zero attached hydrogens (tertiary/aromatic N) is 1. The molecule has 0 aromatic carbocycles. The summed E-state index contributed by atoms with van der Waals surface area (Å²) >= 11 is 1.63. The van der Waals surface area contributed by atoms with E-state index < -0.39 is 0 Å². The molecular formula is C5H9ClN2S. The van der Waals surface area contributed by atoms with Gasteiger partial charge in [0.15, 0.2) is 5.13 Å². The van der Waals surface area contributed by atoms with E-state index in [-0.39, 0.29) is 12.4 Å². The van der Waals surface area contributed by atoms with E-state index in [1.165, 1.54) is 0 Å². The molecule has 0 aliphatic rings. The molecule has 9 heavy (non-hydrogen) atoms. The fourth-order valence-electron chi connectivity index (χ4n) is 0.469. The molecule has 2 nitrogen and oxygen atoms in total. The predicted molar refractivity (Wildman–Crippen MR) is 43.6 cm³/mol. The van der Waals surface area contributed by atoms with Crippen LogP contribution in [0.4, 0.5) is 5.13 Å². The lowest BCUT2D eigenvalue weighted by Gasteiger charge is -1.85. The van der Waals surface area contributed by atoms with E-state index in [1.807, 2.05) is 19.4 Å². The molecule has 0 spiro atoms. The van der Waals surface area contributed by atoms with Gasteiger partial charge in [0.2, 0.25) is 0 Å². The highest BCUT2D eigenvalue weighted by Crippen LogP contribution is 2.12. The van der Waals surface area contributed by atoms with Crippen LogP contribution >= 0.6 is 23.7 Å². The van der Waals surface area contributed by atoms with Gasteiger partial charge in [0.05, 0.1) is 5.69 Å². The van der Waals surface area contributed by atoms with Gasteiger partial charge >= 0.3 is 0 Å². The quantitative estimate of drug-likeness (QED) is 0.686. The summed E-state index contributed by atoms with van der Waals surface area (Å²) in [6.07, 6.45) is 0. The van der Waals surface area contributed by atoms with Gasteiger partial charge in [-0.3, -0.25) is 0 Å². The molecule has 1 aromatic rings. The number of anilines is 1. The first-order chi connectivity index (χ1) is 3.83. The molecule has 0 amide bonds. The summed E-state index contributed by atoms with van der Waals surface area (Å²) in [6, 6.07) is 0. The topological polar surface area (TPSA) is 24.9 Å². The van der Waals surface area contributed by atoms with Gasteiger partial charge in [-0.25, -0.2) is 4.98 Å². The SMILES string of the molecule is CNc1nc(C)cs1.Cl. The van der Waals surface area contributed by atoms with Crippen molar-refractivity contribution in [2.45, 2.75) is 6.92 Å². The number of halogens is 1. The van der Waals surface area contributed by atoms with Crippen molar-refractivity contribution in [3.05, 3.63) is 11.1 Å². The predicted octanol–water partition coefficient (Wildman–Crippen LogP) is 1.92. The first-order valence-electron chi connectivity index (χ1n) is 2.43. The Morgan fingerprint density at radius 3 is 2.56 bits per heavy atom. The third-order valence-corrected chi connectivity index (χ3v) is 1.81. The summed E-state index contributed by atoms with van der Waals surface area (Å²) in [5.41, 5.74) is 1.08. The van der Waals surface area contributed by atoms with Crippen LogP contribution in [0.15, 0.2) is 5.38 Å². The Labute approximate surface area is 64.7 Å². The molecule has 0 radical (unpaired) electrons. The highest BCUT2D eigenvalue weighted by molar-refractivity contribution is 7.13. The molecule has 4 heteroatoms. The van der Waals surface area contributed by atoms with Crippen LogP contribution in [-0.2, 0) is 0 Å². The van der Waals surface area contributed by atoms with E-state index >= 15 is 0 Å². The van der Waals surface area contributed by atoms with Crippen molar-refractivity contribution in [1.29, 1.82) is 0 Å². The second kappa shape index (κ2) is 3.69. The highest BCUT2D eigenvalue weighted by atomic mass is 35.5. The second-order valence-corrected chi connectivity index (χ2v) is 2.40. The Hall–Kier alpha value is -0.280. The van der Waals surface area contributed by atoms with Gasteiger partial charge in [0.25, 0.3) is 0 Å². The van der Waals surface area contributed by atoms with Crippen LogP contribution < -0.4 is 5.32 Å². The minimum atomic E-state index is 0. The molecule has 1 N–H and O–H groups in total. The Kier molecular flexibility index (Phi) is 3.58. The molecular weight excluding hydrogens is 156 g/mol. The molecule has 52 valence electrons. The Bertz CT molecular complexity index is 175.